The van der Waals surface area contributed by atoms with Crippen LogP contribution in [0.15, 0.2) is 0 Å². The molecule has 4 nitrogen and oxygen atoms in total. The molecule has 2 atom stereocenters. The number of carbonyl (C=O) groups excluding carboxylic acids is 2. The van der Waals surface area contributed by atoms with Gasteiger partial charge in [0.2, 0.25) is 0 Å². The summed E-state index contributed by atoms with van der Waals surface area (Å²) in [5, 5.41) is 0. The third-order valence-electron chi connectivity index (χ3n) is 3.63. The van der Waals surface area contributed by atoms with Crippen LogP contribution in [0, 0.1) is 5.92 Å². The number of fused-ring (bicyclic) bond motifs is 1. The van der Waals surface area contributed by atoms with Crippen LogP contribution in [-0.2, 0) is 4.79 Å². The first kappa shape index (κ1) is 11.4. The minimum absolute atomic E-state index is 0.0324. The highest BCUT2D eigenvalue weighted by Crippen LogP contribution is 2.29. The lowest BCUT2D eigenvalue weighted by atomic mass is 9.93. The Kier molecular flexibility index (Phi) is 3.17. The van der Waals surface area contributed by atoms with Crippen molar-refractivity contribution in [1.29, 1.82) is 0 Å². The monoisotopic (exact) mass is 224 g/mol. The molecule has 4 heteroatoms. The van der Waals surface area contributed by atoms with Crippen molar-refractivity contribution in [1.82, 2.24) is 9.80 Å². The maximum atomic E-state index is 12.1. The van der Waals surface area contributed by atoms with E-state index in [0.717, 1.165) is 32.2 Å². The molecule has 90 valence electrons. The Morgan fingerprint density at radius 2 is 2.12 bits per heavy atom. The predicted molar refractivity (Wildman–Crippen MR) is 60.9 cm³/mol. The molecule has 0 aliphatic carbocycles. The molecule has 0 bridgehead atoms. The van der Waals surface area contributed by atoms with E-state index >= 15 is 0 Å². The van der Waals surface area contributed by atoms with Crippen LogP contribution in [0.5, 0.6) is 0 Å². The largest absolute Gasteiger partial charge is 0.327 e. The number of urea groups is 1. The Labute approximate surface area is 96.6 Å². The van der Waals surface area contributed by atoms with Crippen LogP contribution >= 0.6 is 0 Å². The summed E-state index contributed by atoms with van der Waals surface area (Å²) in [6.07, 6.45) is 3.79. The molecule has 3 amide bonds. The number of hydrogen-bond donors (Lipinski definition) is 0. The lowest BCUT2D eigenvalue weighted by Gasteiger charge is -2.30. The van der Waals surface area contributed by atoms with Crippen molar-refractivity contribution in [2.45, 2.75) is 45.6 Å². The van der Waals surface area contributed by atoms with Gasteiger partial charge in [-0.2, -0.15) is 0 Å². The van der Waals surface area contributed by atoms with Gasteiger partial charge in [0.25, 0.3) is 5.91 Å². The van der Waals surface area contributed by atoms with Crippen LogP contribution in [0.3, 0.4) is 0 Å². The number of unbranched alkanes of at least 4 members (excludes halogenated alkanes) is 1. The number of piperidine rings is 1. The summed E-state index contributed by atoms with van der Waals surface area (Å²) in [4.78, 5) is 27.3. The SMILES string of the molecule is CCCCN1C(=O)C2CC(C)CCN2C1=O. The van der Waals surface area contributed by atoms with E-state index in [1.807, 2.05) is 0 Å². The summed E-state index contributed by atoms with van der Waals surface area (Å²) in [7, 11) is 0. The average molecular weight is 224 g/mol. The fourth-order valence-electron chi connectivity index (χ4n) is 2.56. The quantitative estimate of drug-likeness (QED) is 0.686. The number of hydrogen-bond acceptors (Lipinski definition) is 2. The first-order valence-corrected chi connectivity index (χ1v) is 6.27. The Morgan fingerprint density at radius 3 is 2.81 bits per heavy atom. The molecule has 0 saturated carbocycles. The smallest absolute Gasteiger partial charge is 0.312 e. The van der Waals surface area contributed by atoms with Gasteiger partial charge in [-0.1, -0.05) is 20.3 Å². The molecular formula is C12H20N2O2. The maximum Gasteiger partial charge on any atom is 0.327 e. The molecule has 0 aromatic rings. The molecule has 2 heterocycles. The molecule has 2 unspecified atom stereocenters. The van der Waals surface area contributed by atoms with Crippen molar-refractivity contribution < 1.29 is 9.59 Å². The van der Waals surface area contributed by atoms with Gasteiger partial charge >= 0.3 is 6.03 Å². The van der Waals surface area contributed by atoms with E-state index in [9.17, 15) is 9.59 Å². The highest BCUT2D eigenvalue weighted by atomic mass is 16.2. The normalized spacial score (nSPS) is 29.9. The molecule has 0 aromatic heterocycles. The third-order valence-corrected chi connectivity index (χ3v) is 3.63. The molecule has 2 aliphatic rings. The standard InChI is InChI=1S/C12H20N2O2/c1-3-4-6-14-11(15)10-8-9(2)5-7-13(10)12(14)16/h9-10H,3-8H2,1-2H3. The molecule has 0 aromatic carbocycles. The fourth-order valence-corrected chi connectivity index (χ4v) is 2.56. The number of carbonyl (C=O) groups is 2. The second-order valence-electron chi connectivity index (χ2n) is 4.96. The number of amides is 3. The third kappa shape index (κ3) is 1.81. The highest BCUT2D eigenvalue weighted by molar-refractivity contribution is 6.04. The zero-order valence-electron chi connectivity index (χ0n) is 10.1. The molecule has 0 radical (unpaired) electrons. The summed E-state index contributed by atoms with van der Waals surface area (Å²) in [5.74, 6) is 0.592. The molecular weight excluding hydrogens is 204 g/mol. The first-order valence-electron chi connectivity index (χ1n) is 6.27. The topological polar surface area (TPSA) is 40.6 Å². The van der Waals surface area contributed by atoms with Crippen LogP contribution < -0.4 is 0 Å². The molecule has 0 N–H and O–H groups in total. The first-order chi connectivity index (χ1) is 7.65. The van der Waals surface area contributed by atoms with E-state index in [-0.39, 0.29) is 18.0 Å². The number of rotatable bonds is 3. The lowest BCUT2D eigenvalue weighted by molar-refractivity contribution is -0.129. The second kappa shape index (κ2) is 4.44. The summed E-state index contributed by atoms with van der Waals surface area (Å²) in [6.45, 7) is 5.57. The molecule has 2 rings (SSSR count). The zero-order valence-corrected chi connectivity index (χ0v) is 10.1. The van der Waals surface area contributed by atoms with Gasteiger partial charge in [0.1, 0.15) is 6.04 Å². The highest BCUT2D eigenvalue weighted by Gasteiger charge is 2.46. The Hall–Kier alpha value is -1.06. The Bertz CT molecular complexity index is 303. The summed E-state index contributed by atoms with van der Waals surface area (Å²) >= 11 is 0. The average Bonchev–Trinajstić information content (AvgIpc) is 2.50. The van der Waals surface area contributed by atoms with Crippen molar-refractivity contribution in [2.75, 3.05) is 13.1 Å². The van der Waals surface area contributed by atoms with Crippen molar-refractivity contribution in [3.8, 4) is 0 Å². The number of imide groups is 1. The summed E-state index contributed by atoms with van der Waals surface area (Å²) in [6, 6.07) is -0.219. The van der Waals surface area contributed by atoms with Crippen molar-refractivity contribution in [2.24, 2.45) is 5.92 Å². The van der Waals surface area contributed by atoms with Crippen molar-refractivity contribution in [3.63, 3.8) is 0 Å². The van der Waals surface area contributed by atoms with Crippen molar-refractivity contribution >= 4 is 11.9 Å². The molecule has 2 saturated heterocycles. The van der Waals surface area contributed by atoms with Crippen LogP contribution in [0.1, 0.15) is 39.5 Å². The van der Waals surface area contributed by atoms with E-state index in [2.05, 4.69) is 13.8 Å². The molecule has 0 spiro atoms. The second-order valence-corrected chi connectivity index (χ2v) is 4.96. The summed E-state index contributed by atoms with van der Waals surface area (Å²) in [5.41, 5.74) is 0. The maximum absolute atomic E-state index is 12.1. The van der Waals surface area contributed by atoms with Crippen LogP contribution in [0.25, 0.3) is 0 Å². The molecule has 16 heavy (non-hydrogen) atoms. The number of nitrogens with zero attached hydrogens (tertiary/aromatic N) is 2. The van der Waals surface area contributed by atoms with Gasteiger partial charge < -0.3 is 4.90 Å². The van der Waals surface area contributed by atoms with Crippen LogP contribution in [0.4, 0.5) is 4.79 Å². The van der Waals surface area contributed by atoms with Gasteiger partial charge in [-0.15, -0.1) is 0 Å². The minimum Gasteiger partial charge on any atom is -0.312 e. The lowest BCUT2D eigenvalue weighted by Crippen LogP contribution is -2.41. The zero-order chi connectivity index (χ0) is 11.7. The molecule has 2 aliphatic heterocycles. The van der Waals surface area contributed by atoms with Gasteiger partial charge in [-0.25, -0.2) is 4.79 Å². The van der Waals surface area contributed by atoms with Gasteiger partial charge in [0.15, 0.2) is 0 Å². The van der Waals surface area contributed by atoms with E-state index < -0.39 is 0 Å². The van der Waals surface area contributed by atoms with Crippen LogP contribution in [-0.4, -0.2) is 40.9 Å². The van der Waals surface area contributed by atoms with Crippen molar-refractivity contribution in [3.05, 3.63) is 0 Å². The fraction of sp³-hybridized carbons (Fsp3) is 0.833. The van der Waals surface area contributed by atoms with Gasteiger partial charge in [-0.3, -0.25) is 9.69 Å². The van der Waals surface area contributed by atoms with E-state index in [0.29, 0.717) is 12.5 Å². The predicted octanol–water partition coefficient (Wildman–Crippen LogP) is 1.85. The minimum atomic E-state index is -0.159. The van der Waals surface area contributed by atoms with E-state index in [1.165, 1.54) is 4.90 Å². The Morgan fingerprint density at radius 1 is 1.38 bits per heavy atom. The van der Waals surface area contributed by atoms with Gasteiger partial charge in [0.05, 0.1) is 0 Å². The van der Waals surface area contributed by atoms with Gasteiger partial charge in [-0.05, 0) is 25.2 Å². The molecule has 2 fully saturated rings. The van der Waals surface area contributed by atoms with E-state index in [4.69, 9.17) is 0 Å². The van der Waals surface area contributed by atoms with Gasteiger partial charge in [0, 0.05) is 13.1 Å². The Balaban J connectivity index is 2.08. The summed E-state index contributed by atoms with van der Waals surface area (Å²) < 4.78 is 0. The van der Waals surface area contributed by atoms with Crippen LogP contribution in [0.2, 0.25) is 0 Å². The van der Waals surface area contributed by atoms with E-state index in [1.54, 1.807) is 4.90 Å².